The summed E-state index contributed by atoms with van der Waals surface area (Å²) in [6.07, 6.45) is 13.9. The number of nitrogens with two attached hydrogens (primary N) is 1. The molecule has 0 aliphatic carbocycles. The molecule has 3 atom stereocenters. The van der Waals surface area contributed by atoms with Crippen LogP contribution >= 0.6 is 42.8 Å². The van der Waals surface area contributed by atoms with E-state index in [4.69, 9.17) is 42.7 Å². The van der Waals surface area contributed by atoms with Crippen molar-refractivity contribution in [1.29, 1.82) is 0 Å². The van der Waals surface area contributed by atoms with Gasteiger partial charge in [-0.2, -0.15) is 11.8 Å². The zero-order valence-corrected chi connectivity index (χ0v) is 27.0. The third kappa shape index (κ3) is 12.7. The first kappa shape index (κ1) is 35.6. The fourth-order valence-electron chi connectivity index (χ4n) is 4.34. The number of hydrogen-bond acceptors (Lipinski definition) is 7. The summed E-state index contributed by atoms with van der Waals surface area (Å²) in [5.41, 5.74) is 6.27. The minimum absolute atomic E-state index is 0.0202. The number of phosphoric ester groups is 1. The van der Waals surface area contributed by atoms with Crippen LogP contribution in [0.5, 0.6) is 17.2 Å². The Hall–Kier alpha value is -1.61. The largest absolute Gasteiger partial charge is 0.584 e. The van der Waals surface area contributed by atoms with E-state index < -0.39 is 25.8 Å². The van der Waals surface area contributed by atoms with Crippen LogP contribution in [0.4, 0.5) is 0 Å². The van der Waals surface area contributed by atoms with Crippen LogP contribution in [0.2, 0.25) is 10.0 Å². The van der Waals surface area contributed by atoms with Gasteiger partial charge < -0.3 is 24.6 Å². The van der Waals surface area contributed by atoms with Crippen LogP contribution in [-0.2, 0) is 9.36 Å². The van der Waals surface area contributed by atoms with E-state index in [0.29, 0.717) is 23.7 Å². The van der Waals surface area contributed by atoms with Gasteiger partial charge in [0.15, 0.2) is 5.75 Å². The molecule has 0 amide bonds. The first-order valence-corrected chi connectivity index (χ1v) is 17.6. The lowest BCUT2D eigenvalue weighted by Gasteiger charge is -2.24. The van der Waals surface area contributed by atoms with Gasteiger partial charge in [0.25, 0.3) is 0 Å². The van der Waals surface area contributed by atoms with Crippen molar-refractivity contribution in [1.82, 2.24) is 0 Å². The molecule has 0 bridgehead atoms. The van der Waals surface area contributed by atoms with Gasteiger partial charge in [0.05, 0.1) is 16.7 Å². The van der Waals surface area contributed by atoms with Crippen LogP contribution in [-0.4, -0.2) is 40.6 Å². The molecular weight excluding hydrogens is 608 g/mol. The number of carboxylic acid groups (broad SMARTS) is 1. The van der Waals surface area contributed by atoms with Gasteiger partial charge in [-0.3, -0.25) is 9.69 Å². The van der Waals surface area contributed by atoms with E-state index in [-0.39, 0.29) is 21.5 Å². The molecule has 0 heterocycles. The maximum absolute atomic E-state index is 12.9. The lowest BCUT2D eigenvalue weighted by atomic mass is 9.93. The summed E-state index contributed by atoms with van der Waals surface area (Å²) in [6.45, 7) is 2.70. The van der Waals surface area contributed by atoms with Gasteiger partial charge in [-0.15, -0.1) is 0 Å². The van der Waals surface area contributed by atoms with E-state index in [1.165, 1.54) is 74.9 Å². The second kappa shape index (κ2) is 18.8. The van der Waals surface area contributed by atoms with E-state index in [2.05, 4.69) is 6.92 Å². The Balaban J connectivity index is 1.95. The van der Waals surface area contributed by atoms with Crippen molar-refractivity contribution < 1.29 is 33.1 Å². The van der Waals surface area contributed by atoms with E-state index in [9.17, 15) is 19.4 Å². The molecule has 2 aromatic carbocycles. The molecule has 0 saturated heterocycles. The first-order chi connectivity index (χ1) is 19.6. The van der Waals surface area contributed by atoms with Crippen molar-refractivity contribution in [3.05, 3.63) is 52.0 Å². The van der Waals surface area contributed by atoms with Gasteiger partial charge in [0, 0.05) is 29.4 Å². The maximum atomic E-state index is 12.9. The molecular formula is C29H42Cl2NO7PS. The number of unbranched alkanes of at least 4 members (excludes halogenated alkanes) is 9. The highest BCUT2D eigenvalue weighted by atomic mass is 35.5. The highest BCUT2D eigenvalue weighted by molar-refractivity contribution is 7.98. The summed E-state index contributed by atoms with van der Waals surface area (Å²) >= 11 is 14.1. The lowest BCUT2D eigenvalue weighted by molar-refractivity contribution is -0.138. The third-order valence-electron chi connectivity index (χ3n) is 6.55. The minimum Gasteiger partial charge on any atom is -0.492 e. The summed E-state index contributed by atoms with van der Waals surface area (Å²) in [5, 5.41) is 9.63. The molecule has 3 unspecified atom stereocenters. The van der Waals surface area contributed by atoms with Crippen LogP contribution in [0.3, 0.4) is 0 Å². The number of benzene rings is 2. The fraction of sp³-hybridized carbons (Fsp3) is 0.552. The molecule has 0 radical (unpaired) electrons. The normalized spacial score (nSPS) is 14.2. The van der Waals surface area contributed by atoms with Gasteiger partial charge in [-0.1, -0.05) is 106 Å². The van der Waals surface area contributed by atoms with Gasteiger partial charge in [0.2, 0.25) is 0 Å². The topological polar surface area (TPSA) is 128 Å². The highest BCUT2D eigenvalue weighted by Crippen LogP contribution is 2.49. The van der Waals surface area contributed by atoms with Crippen LogP contribution in [0.25, 0.3) is 0 Å². The number of hydrogen-bond donors (Lipinski definition) is 3. The predicted octanol–water partition coefficient (Wildman–Crippen LogP) is 8.71. The number of ether oxygens (including phenoxy) is 1. The number of halogens is 2. The van der Waals surface area contributed by atoms with Gasteiger partial charge in [0.1, 0.15) is 17.5 Å². The van der Waals surface area contributed by atoms with Crippen molar-refractivity contribution in [2.75, 3.05) is 18.6 Å². The number of rotatable bonds is 21. The monoisotopic (exact) mass is 649 g/mol. The number of thioether (sulfide) groups is 1. The Morgan fingerprint density at radius 2 is 1.46 bits per heavy atom. The molecule has 8 nitrogen and oxygen atoms in total. The van der Waals surface area contributed by atoms with Crippen LogP contribution < -0.4 is 19.5 Å². The van der Waals surface area contributed by atoms with Crippen molar-refractivity contribution in [3.8, 4) is 17.2 Å². The molecule has 4 N–H and O–H groups in total. The Bertz CT molecular complexity index is 1140. The standard InChI is InChI=1S/C29H42Cl2NO7PS/c1-3-4-5-6-7-8-9-10-11-14-17-37-26-18-24(31)27(19-23(26)30)39-40(35,36)38-25-16-13-12-15-21(25)22(20-41-2)28(32)29(33)34/h12-13,15-16,18-19,22,28H,3-11,14,17,20,32H2,1-2H3,(H,33,34)(H,35,36). The van der Waals surface area contributed by atoms with Crippen molar-refractivity contribution in [2.45, 2.75) is 83.1 Å². The molecule has 41 heavy (non-hydrogen) atoms. The van der Waals surface area contributed by atoms with Gasteiger partial charge in [-0.25, -0.2) is 4.57 Å². The molecule has 0 aliphatic rings. The Kier molecular flexibility index (Phi) is 16.3. The molecule has 0 aromatic heterocycles. The number of phosphoric acid groups is 1. The molecule has 0 aliphatic heterocycles. The van der Waals surface area contributed by atoms with E-state index in [1.54, 1.807) is 18.2 Å². The van der Waals surface area contributed by atoms with E-state index in [0.717, 1.165) is 19.3 Å². The number of carboxylic acids is 1. The summed E-state index contributed by atoms with van der Waals surface area (Å²) in [4.78, 5) is 22.1. The maximum Gasteiger partial charge on any atom is 0.584 e. The zero-order chi connectivity index (χ0) is 30.3. The number of carbonyl (C=O) groups is 1. The predicted molar refractivity (Wildman–Crippen MR) is 168 cm³/mol. The Morgan fingerprint density at radius 3 is 2.07 bits per heavy atom. The SMILES string of the molecule is CCCCCCCCCCCCOc1cc(Cl)c(OP(=O)(O)Oc2ccccc2C(CSC)C(N)C(=O)O)cc1Cl. The van der Waals surface area contributed by atoms with Crippen molar-refractivity contribution in [3.63, 3.8) is 0 Å². The zero-order valence-electron chi connectivity index (χ0n) is 23.7. The van der Waals surface area contributed by atoms with Crippen molar-refractivity contribution in [2.24, 2.45) is 5.73 Å². The van der Waals surface area contributed by atoms with Gasteiger partial charge in [-0.05, 0) is 18.7 Å². The van der Waals surface area contributed by atoms with E-state index >= 15 is 0 Å². The molecule has 2 aromatic rings. The molecule has 0 spiro atoms. The molecule has 2 rings (SSSR count). The third-order valence-corrected chi connectivity index (χ3v) is 8.69. The summed E-state index contributed by atoms with van der Waals surface area (Å²) in [6, 6.07) is 7.79. The average Bonchev–Trinajstić information content (AvgIpc) is 2.92. The van der Waals surface area contributed by atoms with Gasteiger partial charge >= 0.3 is 13.8 Å². The quantitative estimate of drug-likeness (QED) is 0.0898. The number of aliphatic carboxylic acids is 1. The average molecular weight is 651 g/mol. The Labute approximate surface area is 257 Å². The smallest absolute Gasteiger partial charge is 0.492 e. The molecule has 12 heteroatoms. The summed E-state index contributed by atoms with van der Waals surface area (Å²) in [5.74, 6) is -1.35. The fourth-order valence-corrected chi connectivity index (χ4v) is 6.39. The number of para-hydroxylation sites is 1. The highest BCUT2D eigenvalue weighted by Gasteiger charge is 2.32. The minimum atomic E-state index is -4.76. The second-order valence-electron chi connectivity index (χ2n) is 9.86. The van der Waals surface area contributed by atoms with Crippen LogP contribution in [0.1, 0.15) is 82.6 Å². The van der Waals surface area contributed by atoms with E-state index in [1.807, 2.05) is 6.26 Å². The molecule has 0 fully saturated rings. The van der Waals surface area contributed by atoms with Crippen molar-refractivity contribution >= 4 is 48.8 Å². The summed E-state index contributed by atoms with van der Waals surface area (Å²) in [7, 11) is -4.76. The molecule has 230 valence electrons. The summed E-state index contributed by atoms with van der Waals surface area (Å²) < 4.78 is 29.3. The Morgan fingerprint density at radius 1 is 0.927 bits per heavy atom. The lowest BCUT2D eigenvalue weighted by Crippen LogP contribution is -2.37. The van der Waals surface area contributed by atoms with Crippen LogP contribution in [0, 0.1) is 0 Å². The first-order valence-electron chi connectivity index (χ1n) is 14.0. The molecule has 0 saturated carbocycles. The van der Waals surface area contributed by atoms with Crippen LogP contribution in [0.15, 0.2) is 36.4 Å². The second-order valence-corrected chi connectivity index (χ2v) is 12.9.